The van der Waals surface area contributed by atoms with Crippen molar-refractivity contribution >= 4 is 45.1 Å². The van der Waals surface area contributed by atoms with Gasteiger partial charge in [0.05, 0.1) is 21.7 Å². The number of carbonyl (C=O) groups is 2. The molecule has 2 amide bonds. The van der Waals surface area contributed by atoms with Gasteiger partial charge in [0, 0.05) is 19.6 Å². The highest BCUT2D eigenvalue weighted by Crippen LogP contribution is 2.18. The number of allylic oxidation sites excluding steroid dienone is 1. The molecule has 2 aromatic rings. The minimum absolute atomic E-state index is 0.128. The number of nitrogens with zero attached hydrogens (tertiary/aromatic N) is 3. The van der Waals surface area contributed by atoms with E-state index in [-0.39, 0.29) is 17.6 Å². The van der Waals surface area contributed by atoms with Gasteiger partial charge in [-0.15, -0.1) is 18.3 Å². The molecule has 1 aromatic heterocycles. The fourth-order valence-electron chi connectivity index (χ4n) is 3.28. The lowest BCUT2D eigenvalue weighted by Gasteiger charge is -2.30. The summed E-state index contributed by atoms with van der Waals surface area (Å²) in [4.78, 5) is 31.5. The van der Waals surface area contributed by atoms with Crippen LogP contribution < -0.4 is 4.80 Å². The van der Waals surface area contributed by atoms with Crippen LogP contribution in [0, 0.1) is 5.92 Å². The molecule has 1 atom stereocenters. The number of thiazole rings is 1. The molecule has 0 saturated carbocycles. The Balaban J connectivity index is 1.62. The summed E-state index contributed by atoms with van der Waals surface area (Å²) in [7, 11) is 0. The molecule has 0 spiro atoms. The summed E-state index contributed by atoms with van der Waals surface area (Å²) in [6, 6.07) is 8.00. The molecule has 1 saturated heterocycles. The molecule has 27 heavy (non-hydrogen) atoms. The zero-order chi connectivity index (χ0) is 19.2. The average Bonchev–Trinajstić information content (AvgIpc) is 2.99. The Bertz CT molecular complexity index is 900. The molecule has 1 fully saturated rings. The van der Waals surface area contributed by atoms with E-state index >= 15 is 0 Å². The number of para-hydroxylation sites is 1. The molecule has 0 bridgehead atoms. The summed E-state index contributed by atoms with van der Waals surface area (Å²) in [6.45, 7) is 8.25. The largest absolute Gasteiger partial charge is 0.342 e. The van der Waals surface area contributed by atoms with Gasteiger partial charge in [-0.25, -0.2) is 0 Å². The Morgan fingerprint density at radius 3 is 2.96 bits per heavy atom. The van der Waals surface area contributed by atoms with Crippen LogP contribution >= 0.6 is 23.1 Å². The second kappa shape index (κ2) is 9.37. The van der Waals surface area contributed by atoms with Crippen LogP contribution in [0.3, 0.4) is 0 Å². The van der Waals surface area contributed by atoms with Gasteiger partial charge in [-0.05, 0) is 30.9 Å². The molecule has 1 aromatic carbocycles. The van der Waals surface area contributed by atoms with Crippen LogP contribution in [0.5, 0.6) is 0 Å². The van der Waals surface area contributed by atoms with Crippen LogP contribution in [0.25, 0.3) is 10.2 Å². The number of amides is 2. The smallest absolute Gasteiger partial charge is 0.258 e. The predicted octanol–water partition coefficient (Wildman–Crippen LogP) is 3.31. The molecule has 0 unspecified atom stereocenters. The number of carbonyl (C=O) groups excluding carboxylic acids is 2. The SMILES string of the molecule is C=CCn1c(=NC(=O)CSCC(=O)N2CCC[C@H](C)C2)sc2ccccc21. The van der Waals surface area contributed by atoms with Crippen LogP contribution in [0.4, 0.5) is 0 Å². The maximum absolute atomic E-state index is 12.3. The lowest BCUT2D eigenvalue weighted by molar-refractivity contribution is -0.130. The molecule has 2 heterocycles. The summed E-state index contributed by atoms with van der Waals surface area (Å²) in [5, 5.41) is 0. The van der Waals surface area contributed by atoms with Gasteiger partial charge in [-0.2, -0.15) is 4.99 Å². The van der Waals surface area contributed by atoms with Gasteiger partial charge in [0.15, 0.2) is 4.80 Å². The van der Waals surface area contributed by atoms with Gasteiger partial charge < -0.3 is 9.47 Å². The molecule has 5 nitrogen and oxygen atoms in total. The molecule has 0 radical (unpaired) electrons. The predicted molar refractivity (Wildman–Crippen MR) is 113 cm³/mol. The number of aromatic nitrogens is 1. The van der Waals surface area contributed by atoms with E-state index in [9.17, 15) is 9.59 Å². The van der Waals surface area contributed by atoms with Crippen LogP contribution in [0.2, 0.25) is 0 Å². The molecule has 1 aliphatic rings. The first kappa shape index (κ1) is 19.9. The number of hydrogen-bond donors (Lipinski definition) is 0. The lowest BCUT2D eigenvalue weighted by atomic mass is 10.0. The van der Waals surface area contributed by atoms with Gasteiger partial charge in [-0.3, -0.25) is 9.59 Å². The van der Waals surface area contributed by atoms with Crippen molar-refractivity contribution in [1.82, 2.24) is 9.47 Å². The van der Waals surface area contributed by atoms with Crippen LogP contribution in [-0.2, 0) is 16.1 Å². The Morgan fingerprint density at radius 1 is 1.37 bits per heavy atom. The highest BCUT2D eigenvalue weighted by Gasteiger charge is 2.20. The van der Waals surface area contributed by atoms with Crippen molar-refractivity contribution in [3.05, 3.63) is 41.7 Å². The van der Waals surface area contributed by atoms with Crippen LogP contribution in [0.15, 0.2) is 41.9 Å². The molecule has 3 rings (SSSR count). The standard InChI is InChI=1S/C20H25N3O2S2/c1-3-10-23-16-8-4-5-9-17(16)27-20(23)21-18(24)13-26-14-19(25)22-11-6-7-15(2)12-22/h3-5,8-9,15H,1,6-7,10-14H2,2H3/t15-/m0/s1. The van der Waals surface area contributed by atoms with Crippen molar-refractivity contribution in [2.75, 3.05) is 24.6 Å². The molecule has 7 heteroatoms. The van der Waals surface area contributed by atoms with E-state index in [1.165, 1.54) is 29.5 Å². The van der Waals surface area contributed by atoms with E-state index in [1.807, 2.05) is 33.7 Å². The summed E-state index contributed by atoms with van der Waals surface area (Å²) in [5.41, 5.74) is 1.05. The Kier molecular flexibility index (Phi) is 6.90. The monoisotopic (exact) mass is 403 g/mol. The maximum atomic E-state index is 12.3. The first-order valence-electron chi connectivity index (χ1n) is 9.21. The topological polar surface area (TPSA) is 54.7 Å². The summed E-state index contributed by atoms with van der Waals surface area (Å²) < 4.78 is 3.09. The third-order valence-corrected chi connectivity index (χ3v) is 6.54. The van der Waals surface area contributed by atoms with Crippen molar-refractivity contribution < 1.29 is 9.59 Å². The van der Waals surface area contributed by atoms with Gasteiger partial charge >= 0.3 is 0 Å². The number of benzene rings is 1. The number of likely N-dealkylation sites (tertiary alicyclic amines) is 1. The van der Waals surface area contributed by atoms with Crippen LogP contribution in [-0.4, -0.2) is 45.9 Å². The zero-order valence-electron chi connectivity index (χ0n) is 15.6. The van der Waals surface area contributed by atoms with Crippen molar-refractivity contribution in [3.63, 3.8) is 0 Å². The number of hydrogen-bond acceptors (Lipinski definition) is 4. The Morgan fingerprint density at radius 2 is 2.19 bits per heavy atom. The molecule has 0 N–H and O–H groups in total. The Labute approximate surface area is 167 Å². The second-order valence-electron chi connectivity index (χ2n) is 6.84. The molecule has 1 aliphatic heterocycles. The molecular formula is C20H25N3O2S2. The van der Waals surface area contributed by atoms with E-state index in [0.717, 1.165) is 29.7 Å². The van der Waals surface area contributed by atoms with Gasteiger partial charge in [0.2, 0.25) is 5.91 Å². The van der Waals surface area contributed by atoms with E-state index < -0.39 is 0 Å². The number of thioether (sulfide) groups is 1. The minimum Gasteiger partial charge on any atom is -0.342 e. The van der Waals surface area contributed by atoms with E-state index in [1.54, 1.807) is 6.08 Å². The van der Waals surface area contributed by atoms with Gasteiger partial charge in [0.1, 0.15) is 0 Å². The fourth-order valence-corrected chi connectivity index (χ4v) is 5.04. The molecule has 0 aliphatic carbocycles. The number of rotatable bonds is 6. The van der Waals surface area contributed by atoms with Crippen molar-refractivity contribution in [1.29, 1.82) is 0 Å². The van der Waals surface area contributed by atoms with E-state index in [2.05, 4.69) is 18.5 Å². The fraction of sp³-hybridized carbons (Fsp3) is 0.450. The van der Waals surface area contributed by atoms with Crippen molar-refractivity contribution in [3.8, 4) is 0 Å². The summed E-state index contributed by atoms with van der Waals surface area (Å²) >= 11 is 2.85. The van der Waals surface area contributed by atoms with Gasteiger partial charge in [0.25, 0.3) is 5.91 Å². The highest BCUT2D eigenvalue weighted by atomic mass is 32.2. The Hall–Kier alpha value is -1.86. The second-order valence-corrected chi connectivity index (χ2v) is 8.83. The van der Waals surface area contributed by atoms with Gasteiger partial charge in [-0.1, -0.05) is 36.5 Å². The quantitative estimate of drug-likeness (QED) is 0.696. The number of fused-ring (bicyclic) bond motifs is 1. The summed E-state index contributed by atoms with van der Waals surface area (Å²) in [5.74, 6) is 1.05. The molecule has 144 valence electrons. The lowest BCUT2D eigenvalue weighted by Crippen LogP contribution is -2.40. The third-order valence-electron chi connectivity index (χ3n) is 4.58. The zero-order valence-corrected chi connectivity index (χ0v) is 17.2. The maximum Gasteiger partial charge on any atom is 0.258 e. The van der Waals surface area contributed by atoms with Crippen molar-refractivity contribution in [2.24, 2.45) is 10.9 Å². The third kappa shape index (κ3) is 5.11. The van der Waals surface area contributed by atoms with E-state index in [0.29, 0.717) is 23.0 Å². The highest BCUT2D eigenvalue weighted by molar-refractivity contribution is 8.00. The van der Waals surface area contributed by atoms with E-state index in [4.69, 9.17) is 0 Å². The minimum atomic E-state index is -0.204. The number of piperidine rings is 1. The normalized spacial score (nSPS) is 18.0. The summed E-state index contributed by atoms with van der Waals surface area (Å²) in [6.07, 6.45) is 4.06. The average molecular weight is 404 g/mol. The van der Waals surface area contributed by atoms with Crippen LogP contribution in [0.1, 0.15) is 19.8 Å². The first-order valence-corrected chi connectivity index (χ1v) is 11.2. The van der Waals surface area contributed by atoms with Crippen molar-refractivity contribution in [2.45, 2.75) is 26.3 Å². The molecular weight excluding hydrogens is 378 g/mol. The first-order chi connectivity index (χ1) is 13.1.